The van der Waals surface area contributed by atoms with Gasteiger partial charge in [-0.05, 0) is 48.6 Å². The lowest BCUT2D eigenvalue weighted by Gasteiger charge is -2.29. The van der Waals surface area contributed by atoms with E-state index in [1.165, 1.54) is 10.7 Å². The molecule has 5 rings (SSSR count). The molecule has 0 N–H and O–H groups in total. The average Bonchev–Trinajstić information content (AvgIpc) is 3.31. The van der Waals surface area contributed by atoms with Crippen LogP contribution in [0.1, 0.15) is 59.2 Å². The maximum Gasteiger partial charge on any atom is 0.358 e. The molecule has 1 atom stereocenters. The number of ketones is 1. The largest absolute Gasteiger partial charge is 0.461 e. The summed E-state index contributed by atoms with van der Waals surface area (Å²) in [4.78, 5) is 30.3. The number of ether oxygens (including phenoxy) is 1. The normalized spacial score (nSPS) is 15.2. The fraction of sp³-hybridized carbons (Fsp3) is 0.241. The van der Waals surface area contributed by atoms with E-state index < -0.39 is 29.8 Å². The number of halogens is 3. The van der Waals surface area contributed by atoms with Crippen LogP contribution in [-0.2, 0) is 22.4 Å². The molecule has 38 heavy (non-hydrogen) atoms. The summed E-state index contributed by atoms with van der Waals surface area (Å²) in [6.45, 7) is 3.64. The zero-order valence-electron chi connectivity index (χ0n) is 20.7. The number of esters is 1. The standard InChI is InChI=1S/C29H24F3N3O3/c1-3-38-29(37)24-14-21-10-16(2)26(25(36)12-17-4-5-20-15-33-9-8-18(20)11-17)27(35(21)34-24)19-6-7-22(28(31)32)23(30)13-19/h4-9,11,13-15,27-28H,3,10,12H2,1-2H3. The maximum atomic E-state index is 14.7. The number of hydrogen-bond acceptors (Lipinski definition) is 5. The van der Waals surface area contributed by atoms with Gasteiger partial charge in [0, 0.05) is 41.9 Å². The van der Waals surface area contributed by atoms with Gasteiger partial charge in [0.25, 0.3) is 6.43 Å². The molecule has 9 heteroatoms. The highest BCUT2D eigenvalue weighted by atomic mass is 19.3. The monoisotopic (exact) mass is 519 g/mol. The molecule has 0 fully saturated rings. The number of carbonyl (C=O) groups excluding carboxylic acids is 2. The molecule has 0 aliphatic carbocycles. The summed E-state index contributed by atoms with van der Waals surface area (Å²) in [5.41, 5.74) is 2.13. The summed E-state index contributed by atoms with van der Waals surface area (Å²) in [6, 6.07) is 11.6. The molecule has 2 aromatic heterocycles. The number of benzene rings is 2. The van der Waals surface area contributed by atoms with Gasteiger partial charge in [0.15, 0.2) is 11.5 Å². The molecule has 2 aromatic carbocycles. The number of carbonyl (C=O) groups is 2. The number of hydrogen-bond donors (Lipinski definition) is 0. The number of nitrogens with zero attached hydrogens (tertiary/aromatic N) is 3. The second-order valence-electron chi connectivity index (χ2n) is 9.20. The molecule has 6 nitrogen and oxygen atoms in total. The lowest BCUT2D eigenvalue weighted by Crippen LogP contribution is -2.28. The van der Waals surface area contributed by atoms with Gasteiger partial charge < -0.3 is 4.74 Å². The predicted molar refractivity (Wildman–Crippen MR) is 135 cm³/mol. The van der Waals surface area contributed by atoms with E-state index in [1.54, 1.807) is 32.3 Å². The zero-order valence-corrected chi connectivity index (χ0v) is 20.7. The number of pyridine rings is 1. The van der Waals surface area contributed by atoms with E-state index in [9.17, 15) is 22.8 Å². The van der Waals surface area contributed by atoms with Crippen LogP contribution in [0, 0.1) is 5.82 Å². The fourth-order valence-electron chi connectivity index (χ4n) is 4.93. The van der Waals surface area contributed by atoms with Crippen molar-refractivity contribution in [2.24, 2.45) is 0 Å². The van der Waals surface area contributed by atoms with Crippen LogP contribution in [0.15, 0.2) is 72.1 Å². The quantitative estimate of drug-likeness (QED) is 0.282. The third kappa shape index (κ3) is 4.71. The fourth-order valence-corrected chi connectivity index (χ4v) is 4.93. The van der Waals surface area contributed by atoms with Gasteiger partial charge in [-0.1, -0.05) is 35.9 Å². The first kappa shape index (κ1) is 25.4. The van der Waals surface area contributed by atoms with Crippen molar-refractivity contribution >= 4 is 22.5 Å². The van der Waals surface area contributed by atoms with Crippen LogP contribution in [0.25, 0.3) is 10.8 Å². The summed E-state index contributed by atoms with van der Waals surface area (Å²) in [5, 5.41) is 6.29. The van der Waals surface area contributed by atoms with Crippen molar-refractivity contribution in [1.29, 1.82) is 0 Å². The SMILES string of the molecule is CCOC(=O)c1cc2n(n1)C(c1ccc(C(F)F)c(F)c1)C(C(=O)Cc1ccc3cnccc3c1)=C(C)C2. The third-order valence-electron chi connectivity index (χ3n) is 6.67. The van der Waals surface area contributed by atoms with E-state index in [4.69, 9.17) is 4.74 Å². The van der Waals surface area contributed by atoms with Gasteiger partial charge in [-0.15, -0.1) is 0 Å². The van der Waals surface area contributed by atoms with Gasteiger partial charge in [0.05, 0.1) is 12.2 Å². The average molecular weight is 520 g/mol. The highest BCUT2D eigenvalue weighted by Crippen LogP contribution is 2.38. The molecule has 0 radical (unpaired) electrons. The maximum absolute atomic E-state index is 14.7. The Morgan fingerprint density at radius 2 is 1.92 bits per heavy atom. The summed E-state index contributed by atoms with van der Waals surface area (Å²) in [5.74, 6) is -1.91. The molecule has 0 spiro atoms. The van der Waals surface area contributed by atoms with Crippen molar-refractivity contribution in [1.82, 2.24) is 14.8 Å². The molecule has 1 aliphatic heterocycles. The molecule has 0 saturated carbocycles. The van der Waals surface area contributed by atoms with Crippen molar-refractivity contribution in [3.63, 3.8) is 0 Å². The topological polar surface area (TPSA) is 74.1 Å². The van der Waals surface area contributed by atoms with Crippen LogP contribution in [0.4, 0.5) is 13.2 Å². The smallest absolute Gasteiger partial charge is 0.358 e. The first-order valence-corrected chi connectivity index (χ1v) is 12.1. The van der Waals surface area contributed by atoms with Gasteiger partial charge in [0.2, 0.25) is 0 Å². The van der Waals surface area contributed by atoms with Crippen molar-refractivity contribution in [3.8, 4) is 0 Å². The van der Waals surface area contributed by atoms with Crippen LogP contribution < -0.4 is 0 Å². The number of fused-ring (bicyclic) bond motifs is 2. The molecule has 4 aromatic rings. The molecular weight excluding hydrogens is 495 g/mol. The Kier molecular flexibility index (Phi) is 6.84. The second kappa shape index (κ2) is 10.2. The van der Waals surface area contributed by atoms with E-state index in [-0.39, 0.29) is 30.1 Å². The lowest BCUT2D eigenvalue weighted by atomic mass is 9.85. The van der Waals surface area contributed by atoms with Crippen molar-refractivity contribution in [2.75, 3.05) is 6.61 Å². The van der Waals surface area contributed by atoms with E-state index >= 15 is 0 Å². The van der Waals surface area contributed by atoms with E-state index in [2.05, 4.69) is 10.1 Å². The number of Topliss-reactive ketones (excluding diaryl/α,β-unsaturated/α-hetero) is 1. The minimum Gasteiger partial charge on any atom is -0.461 e. The second-order valence-corrected chi connectivity index (χ2v) is 9.20. The van der Waals surface area contributed by atoms with Gasteiger partial charge in [-0.2, -0.15) is 5.10 Å². The summed E-state index contributed by atoms with van der Waals surface area (Å²) < 4.78 is 47.8. The van der Waals surface area contributed by atoms with Crippen LogP contribution in [0.3, 0.4) is 0 Å². The number of allylic oxidation sites excluding steroid dienone is 2. The zero-order chi connectivity index (χ0) is 27.0. The molecule has 3 heterocycles. The van der Waals surface area contributed by atoms with E-state index in [0.29, 0.717) is 17.7 Å². The highest BCUT2D eigenvalue weighted by Gasteiger charge is 2.34. The van der Waals surface area contributed by atoms with Gasteiger partial charge in [0.1, 0.15) is 11.9 Å². The van der Waals surface area contributed by atoms with Crippen molar-refractivity contribution < 1.29 is 27.5 Å². The van der Waals surface area contributed by atoms with E-state index in [0.717, 1.165) is 34.0 Å². The molecule has 0 amide bonds. The number of aromatic nitrogens is 3. The minimum absolute atomic E-state index is 0.0566. The number of alkyl halides is 2. The Hall–Kier alpha value is -4.27. The molecular formula is C29H24F3N3O3. The van der Waals surface area contributed by atoms with Gasteiger partial charge in [-0.25, -0.2) is 18.0 Å². The summed E-state index contributed by atoms with van der Waals surface area (Å²) in [6.07, 6.45) is 0.844. The van der Waals surface area contributed by atoms with Gasteiger partial charge >= 0.3 is 5.97 Å². The van der Waals surface area contributed by atoms with Crippen LogP contribution in [0.2, 0.25) is 0 Å². The third-order valence-corrected chi connectivity index (χ3v) is 6.67. The molecule has 0 saturated heterocycles. The van der Waals surface area contributed by atoms with Crippen LogP contribution in [0.5, 0.6) is 0 Å². The van der Waals surface area contributed by atoms with E-state index in [1.807, 2.05) is 24.3 Å². The number of rotatable bonds is 7. The summed E-state index contributed by atoms with van der Waals surface area (Å²) in [7, 11) is 0. The first-order chi connectivity index (χ1) is 18.3. The summed E-state index contributed by atoms with van der Waals surface area (Å²) >= 11 is 0. The molecule has 1 aliphatic rings. The minimum atomic E-state index is -2.98. The van der Waals surface area contributed by atoms with Crippen LogP contribution >= 0.6 is 0 Å². The Morgan fingerprint density at radius 3 is 2.66 bits per heavy atom. The Labute approximate surface area is 216 Å². The Morgan fingerprint density at radius 1 is 1.11 bits per heavy atom. The first-order valence-electron chi connectivity index (χ1n) is 12.1. The van der Waals surface area contributed by atoms with Crippen molar-refractivity contribution in [3.05, 3.63) is 106 Å². The Balaban J connectivity index is 1.58. The van der Waals surface area contributed by atoms with Crippen LogP contribution in [-0.4, -0.2) is 33.1 Å². The molecule has 0 bridgehead atoms. The molecule has 194 valence electrons. The lowest BCUT2D eigenvalue weighted by molar-refractivity contribution is -0.115. The van der Waals surface area contributed by atoms with Gasteiger partial charge in [-0.3, -0.25) is 14.5 Å². The highest BCUT2D eigenvalue weighted by molar-refractivity contribution is 6.00. The predicted octanol–water partition coefficient (Wildman–Crippen LogP) is 5.96. The Bertz CT molecular complexity index is 1590. The molecule has 1 unspecified atom stereocenters. The van der Waals surface area contributed by atoms with Crippen molar-refractivity contribution in [2.45, 2.75) is 39.2 Å².